The first-order valence-corrected chi connectivity index (χ1v) is 10.4. The molecule has 29 heavy (non-hydrogen) atoms. The zero-order valence-corrected chi connectivity index (χ0v) is 18.1. The molecule has 0 unspecified atom stereocenters. The van der Waals surface area contributed by atoms with Crippen molar-refractivity contribution >= 4 is 11.6 Å². The molecule has 1 fully saturated rings. The molecule has 5 nitrogen and oxygen atoms in total. The van der Waals surface area contributed by atoms with E-state index in [2.05, 4.69) is 48.0 Å². The molecule has 0 aromatic heterocycles. The van der Waals surface area contributed by atoms with E-state index in [0.29, 0.717) is 6.54 Å². The van der Waals surface area contributed by atoms with Crippen molar-refractivity contribution in [2.24, 2.45) is 0 Å². The van der Waals surface area contributed by atoms with Crippen molar-refractivity contribution in [3.05, 3.63) is 59.7 Å². The number of piperazine rings is 1. The van der Waals surface area contributed by atoms with Gasteiger partial charge in [-0.2, -0.15) is 0 Å². The Morgan fingerprint density at radius 3 is 2.14 bits per heavy atom. The van der Waals surface area contributed by atoms with Crippen LogP contribution in [-0.4, -0.2) is 57.2 Å². The highest BCUT2D eigenvalue weighted by atomic mass is 16.5. The van der Waals surface area contributed by atoms with Crippen LogP contribution in [0.2, 0.25) is 0 Å². The Labute approximate surface area is 174 Å². The molecule has 2 aromatic rings. The Morgan fingerprint density at radius 1 is 0.966 bits per heavy atom. The quantitative estimate of drug-likeness (QED) is 0.813. The lowest BCUT2D eigenvalue weighted by atomic mass is 9.87. The number of benzene rings is 2. The fraction of sp³-hybridized carbons (Fsp3) is 0.458. The molecular formula is C24H33N3O2. The van der Waals surface area contributed by atoms with Gasteiger partial charge in [0.15, 0.2) is 0 Å². The highest BCUT2D eigenvalue weighted by Crippen LogP contribution is 2.22. The number of hydrogen-bond donors (Lipinski definition) is 1. The molecule has 156 valence electrons. The molecule has 3 rings (SSSR count). The molecular weight excluding hydrogens is 362 g/mol. The monoisotopic (exact) mass is 395 g/mol. The third-order valence-corrected chi connectivity index (χ3v) is 5.54. The second kappa shape index (κ2) is 9.31. The third-order valence-electron chi connectivity index (χ3n) is 5.54. The first kappa shape index (κ1) is 21.2. The minimum Gasteiger partial charge on any atom is -0.497 e. The second-order valence-electron chi connectivity index (χ2n) is 8.61. The minimum absolute atomic E-state index is 0.00216. The first-order valence-electron chi connectivity index (χ1n) is 10.4. The van der Waals surface area contributed by atoms with E-state index < -0.39 is 0 Å². The molecule has 1 aliphatic heterocycles. The maximum Gasteiger partial charge on any atom is 0.251 e. The van der Waals surface area contributed by atoms with E-state index in [-0.39, 0.29) is 11.3 Å². The highest BCUT2D eigenvalue weighted by Gasteiger charge is 2.18. The number of hydrogen-bond acceptors (Lipinski definition) is 4. The average Bonchev–Trinajstić information content (AvgIpc) is 2.74. The van der Waals surface area contributed by atoms with Crippen LogP contribution >= 0.6 is 0 Å². The maximum absolute atomic E-state index is 12.4. The number of anilines is 1. The molecule has 0 bridgehead atoms. The number of carbonyl (C=O) groups excluding carboxylic acids is 1. The molecule has 5 heteroatoms. The number of carbonyl (C=O) groups is 1. The van der Waals surface area contributed by atoms with Crippen LogP contribution in [0.1, 0.15) is 36.7 Å². The van der Waals surface area contributed by atoms with Gasteiger partial charge in [0.05, 0.1) is 7.11 Å². The van der Waals surface area contributed by atoms with Crippen LogP contribution < -0.4 is 15.0 Å². The lowest BCUT2D eigenvalue weighted by Gasteiger charge is -2.36. The largest absolute Gasteiger partial charge is 0.497 e. The van der Waals surface area contributed by atoms with E-state index in [1.54, 1.807) is 7.11 Å². The lowest BCUT2D eigenvalue weighted by Crippen LogP contribution is -2.48. The molecule has 1 amide bonds. The van der Waals surface area contributed by atoms with Gasteiger partial charge in [0.1, 0.15) is 5.75 Å². The first-order chi connectivity index (χ1) is 13.9. The van der Waals surface area contributed by atoms with Gasteiger partial charge in [-0.15, -0.1) is 0 Å². The molecule has 0 radical (unpaired) electrons. The molecule has 0 spiro atoms. The van der Waals surface area contributed by atoms with Gasteiger partial charge in [-0.25, -0.2) is 0 Å². The molecule has 0 saturated carbocycles. The summed E-state index contributed by atoms with van der Waals surface area (Å²) in [5.74, 6) is 0.888. The van der Waals surface area contributed by atoms with Gasteiger partial charge in [0.2, 0.25) is 0 Å². The van der Waals surface area contributed by atoms with Gasteiger partial charge < -0.3 is 15.0 Å². The Bertz CT molecular complexity index is 786. The van der Waals surface area contributed by atoms with Gasteiger partial charge in [0, 0.05) is 50.5 Å². The van der Waals surface area contributed by atoms with E-state index in [0.717, 1.165) is 44.0 Å². The number of rotatable bonds is 6. The molecule has 2 aromatic carbocycles. The van der Waals surface area contributed by atoms with E-state index in [4.69, 9.17) is 4.74 Å². The Hall–Kier alpha value is -2.53. The van der Waals surface area contributed by atoms with Gasteiger partial charge in [-0.1, -0.05) is 32.9 Å². The standard InChI is InChI=1S/C24H33N3O2/c1-24(2,3)20-7-5-19(6-8-20)23(28)25-13-14-26-15-17-27(18-16-26)21-9-11-22(29-4)12-10-21/h5-12H,13-18H2,1-4H3,(H,25,28). The summed E-state index contributed by atoms with van der Waals surface area (Å²) in [7, 11) is 1.69. The zero-order chi connectivity index (χ0) is 20.9. The van der Waals surface area contributed by atoms with Gasteiger partial charge in [-0.3, -0.25) is 9.69 Å². The summed E-state index contributed by atoms with van der Waals surface area (Å²) in [6.45, 7) is 12.1. The van der Waals surface area contributed by atoms with Crippen molar-refractivity contribution in [3.8, 4) is 5.75 Å². The number of nitrogens with one attached hydrogen (secondary N) is 1. The molecule has 1 heterocycles. The van der Waals surface area contributed by atoms with Crippen molar-refractivity contribution in [1.82, 2.24) is 10.2 Å². The number of methoxy groups -OCH3 is 1. The number of nitrogens with zero attached hydrogens (tertiary/aromatic N) is 2. The molecule has 1 saturated heterocycles. The lowest BCUT2D eigenvalue weighted by molar-refractivity contribution is 0.0947. The highest BCUT2D eigenvalue weighted by molar-refractivity contribution is 5.94. The normalized spacial score (nSPS) is 15.2. The van der Waals surface area contributed by atoms with Crippen LogP contribution in [0.15, 0.2) is 48.5 Å². The summed E-state index contributed by atoms with van der Waals surface area (Å²) in [6, 6.07) is 16.2. The molecule has 0 atom stereocenters. The maximum atomic E-state index is 12.4. The Morgan fingerprint density at radius 2 is 1.59 bits per heavy atom. The van der Waals surface area contributed by atoms with Crippen LogP contribution in [0.5, 0.6) is 5.75 Å². The predicted octanol–water partition coefficient (Wildman–Crippen LogP) is 3.54. The third kappa shape index (κ3) is 5.73. The molecule has 1 aliphatic rings. The van der Waals surface area contributed by atoms with Crippen molar-refractivity contribution in [2.75, 3.05) is 51.3 Å². The summed E-state index contributed by atoms with van der Waals surface area (Å²) in [5, 5.41) is 3.05. The molecule has 0 aliphatic carbocycles. The zero-order valence-electron chi connectivity index (χ0n) is 18.1. The number of amides is 1. The van der Waals surface area contributed by atoms with Crippen LogP contribution in [0.4, 0.5) is 5.69 Å². The summed E-state index contributed by atoms with van der Waals surface area (Å²) in [4.78, 5) is 17.2. The molecule has 1 N–H and O–H groups in total. The van der Waals surface area contributed by atoms with Crippen LogP contribution in [-0.2, 0) is 5.41 Å². The fourth-order valence-electron chi connectivity index (χ4n) is 3.57. The second-order valence-corrected chi connectivity index (χ2v) is 8.61. The van der Waals surface area contributed by atoms with Crippen molar-refractivity contribution in [2.45, 2.75) is 26.2 Å². The van der Waals surface area contributed by atoms with Gasteiger partial charge >= 0.3 is 0 Å². The smallest absolute Gasteiger partial charge is 0.251 e. The fourth-order valence-corrected chi connectivity index (χ4v) is 3.57. The van der Waals surface area contributed by atoms with E-state index >= 15 is 0 Å². The average molecular weight is 396 g/mol. The summed E-state index contributed by atoms with van der Waals surface area (Å²) in [6.07, 6.45) is 0. The van der Waals surface area contributed by atoms with Crippen LogP contribution in [0, 0.1) is 0 Å². The Balaban J connectivity index is 1.40. The van der Waals surface area contributed by atoms with E-state index in [1.807, 2.05) is 36.4 Å². The van der Waals surface area contributed by atoms with Gasteiger partial charge in [-0.05, 0) is 47.4 Å². The van der Waals surface area contributed by atoms with E-state index in [9.17, 15) is 4.79 Å². The van der Waals surface area contributed by atoms with Crippen LogP contribution in [0.25, 0.3) is 0 Å². The van der Waals surface area contributed by atoms with Crippen LogP contribution in [0.3, 0.4) is 0 Å². The summed E-state index contributed by atoms with van der Waals surface area (Å²) < 4.78 is 5.23. The van der Waals surface area contributed by atoms with Crippen molar-refractivity contribution < 1.29 is 9.53 Å². The Kier molecular flexibility index (Phi) is 6.80. The SMILES string of the molecule is COc1ccc(N2CCN(CCNC(=O)c3ccc(C(C)(C)C)cc3)CC2)cc1. The summed E-state index contributed by atoms with van der Waals surface area (Å²) in [5.41, 5.74) is 3.30. The minimum atomic E-state index is 0.00216. The van der Waals surface area contributed by atoms with E-state index in [1.165, 1.54) is 11.3 Å². The topological polar surface area (TPSA) is 44.8 Å². The van der Waals surface area contributed by atoms with Gasteiger partial charge in [0.25, 0.3) is 5.91 Å². The number of ether oxygens (including phenoxy) is 1. The predicted molar refractivity (Wildman–Crippen MR) is 119 cm³/mol. The summed E-state index contributed by atoms with van der Waals surface area (Å²) >= 11 is 0. The van der Waals surface area contributed by atoms with Crippen molar-refractivity contribution in [1.29, 1.82) is 0 Å². The van der Waals surface area contributed by atoms with Crippen molar-refractivity contribution in [3.63, 3.8) is 0 Å².